The Morgan fingerprint density at radius 2 is 1.89 bits per heavy atom. The minimum Gasteiger partial charge on any atom is -0.413 e. The Hall–Kier alpha value is -0.123. The predicted octanol–water partition coefficient (Wildman–Crippen LogP) is 4.36. The molecule has 0 saturated carbocycles. The highest BCUT2D eigenvalue weighted by atomic mass is 28.4. The van der Waals surface area contributed by atoms with Crippen LogP contribution in [0.2, 0.25) is 18.1 Å². The van der Waals surface area contributed by atoms with Gasteiger partial charge in [0.2, 0.25) is 0 Å². The molecule has 0 radical (unpaired) electrons. The molecule has 0 spiro atoms. The van der Waals surface area contributed by atoms with Crippen molar-refractivity contribution in [3.63, 3.8) is 0 Å². The highest BCUT2D eigenvalue weighted by Crippen LogP contribution is 2.36. The molecule has 0 fully saturated rings. The third-order valence-corrected chi connectivity index (χ3v) is 8.51. The van der Waals surface area contributed by atoms with Crippen LogP contribution in [0.15, 0.2) is 12.2 Å². The third-order valence-electron chi connectivity index (χ3n) is 4.01. The van der Waals surface area contributed by atoms with Crippen LogP contribution in [-0.2, 0) is 4.43 Å². The van der Waals surface area contributed by atoms with E-state index in [-0.39, 0.29) is 5.04 Å². The van der Waals surface area contributed by atoms with Gasteiger partial charge in [-0.05, 0) is 43.3 Å². The Kier molecular flexibility index (Phi) is 8.07. The van der Waals surface area contributed by atoms with Gasteiger partial charge in [0.1, 0.15) is 0 Å². The summed E-state index contributed by atoms with van der Waals surface area (Å²) in [6.07, 6.45) is 7.51. The van der Waals surface area contributed by atoms with E-state index in [1.54, 1.807) is 0 Å². The van der Waals surface area contributed by atoms with E-state index in [0.29, 0.717) is 12.5 Å². The van der Waals surface area contributed by atoms with Gasteiger partial charge in [0.15, 0.2) is 8.32 Å². The quantitative estimate of drug-likeness (QED) is 0.525. The molecule has 1 atom stereocenters. The van der Waals surface area contributed by atoms with Gasteiger partial charge in [-0.1, -0.05) is 39.8 Å². The second-order valence-corrected chi connectivity index (χ2v) is 11.3. The Labute approximate surface area is 115 Å². The number of allylic oxidation sites excluding steroid dienone is 1. The summed E-state index contributed by atoms with van der Waals surface area (Å²) in [6.45, 7) is 14.6. The molecule has 0 rings (SSSR count). The van der Waals surface area contributed by atoms with Crippen molar-refractivity contribution in [3.05, 3.63) is 12.2 Å². The average Bonchev–Trinajstić information content (AvgIpc) is 2.26. The molecule has 0 amide bonds. The Morgan fingerprint density at radius 1 is 1.28 bits per heavy atom. The smallest absolute Gasteiger partial charge is 0.192 e. The van der Waals surface area contributed by atoms with Crippen LogP contribution in [0.4, 0.5) is 0 Å². The summed E-state index contributed by atoms with van der Waals surface area (Å²) in [6, 6.07) is 0. The van der Waals surface area contributed by atoms with Gasteiger partial charge in [-0.25, -0.2) is 0 Å². The molecule has 18 heavy (non-hydrogen) atoms. The first-order chi connectivity index (χ1) is 8.24. The molecule has 2 nitrogen and oxygen atoms in total. The summed E-state index contributed by atoms with van der Waals surface area (Å²) in [5.41, 5.74) is 0. The van der Waals surface area contributed by atoms with Crippen molar-refractivity contribution in [2.75, 3.05) is 13.2 Å². The Balaban J connectivity index is 4.09. The largest absolute Gasteiger partial charge is 0.413 e. The maximum Gasteiger partial charge on any atom is 0.192 e. The maximum atomic E-state index is 8.84. The van der Waals surface area contributed by atoms with Gasteiger partial charge >= 0.3 is 0 Å². The van der Waals surface area contributed by atoms with Gasteiger partial charge < -0.3 is 9.53 Å². The van der Waals surface area contributed by atoms with Gasteiger partial charge in [-0.2, -0.15) is 0 Å². The van der Waals surface area contributed by atoms with Crippen LogP contribution in [0.1, 0.15) is 47.0 Å². The molecule has 0 aromatic carbocycles. The summed E-state index contributed by atoms with van der Waals surface area (Å²) in [5.74, 6) is 0.583. The van der Waals surface area contributed by atoms with Crippen molar-refractivity contribution in [2.24, 2.45) is 5.92 Å². The fourth-order valence-corrected chi connectivity index (χ4v) is 2.46. The number of rotatable bonds is 8. The highest BCUT2D eigenvalue weighted by Gasteiger charge is 2.36. The molecule has 0 unspecified atom stereocenters. The maximum absolute atomic E-state index is 8.84. The van der Waals surface area contributed by atoms with Crippen molar-refractivity contribution in [1.82, 2.24) is 0 Å². The third kappa shape index (κ3) is 6.71. The lowest BCUT2D eigenvalue weighted by Gasteiger charge is -2.35. The normalized spacial score (nSPS) is 15.3. The number of aliphatic hydroxyl groups is 1. The Bertz CT molecular complexity index is 241. The Morgan fingerprint density at radius 3 is 2.33 bits per heavy atom. The summed E-state index contributed by atoms with van der Waals surface area (Å²) in [4.78, 5) is 0. The minimum atomic E-state index is -1.60. The summed E-state index contributed by atoms with van der Waals surface area (Å²) in [7, 11) is -1.60. The van der Waals surface area contributed by atoms with Crippen molar-refractivity contribution in [3.8, 4) is 0 Å². The van der Waals surface area contributed by atoms with E-state index in [1.165, 1.54) is 0 Å². The fraction of sp³-hybridized carbons (Fsp3) is 0.867. The highest BCUT2D eigenvalue weighted by molar-refractivity contribution is 6.74. The van der Waals surface area contributed by atoms with E-state index in [4.69, 9.17) is 9.53 Å². The molecule has 1 N–H and O–H groups in total. The molecule has 108 valence electrons. The molecule has 0 aliphatic rings. The lowest BCUT2D eigenvalue weighted by molar-refractivity contribution is 0.276. The first kappa shape index (κ1) is 17.9. The first-order valence-corrected chi connectivity index (χ1v) is 10.1. The second-order valence-electron chi connectivity index (χ2n) is 6.53. The molecular formula is C15H32O2Si. The van der Waals surface area contributed by atoms with Crippen molar-refractivity contribution in [1.29, 1.82) is 0 Å². The zero-order valence-corrected chi connectivity index (χ0v) is 14.1. The number of hydrogen-bond acceptors (Lipinski definition) is 2. The molecule has 0 aliphatic heterocycles. The first-order valence-electron chi connectivity index (χ1n) is 7.16. The zero-order valence-electron chi connectivity index (χ0n) is 13.1. The van der Waals surface area contributed by atoms with Crippen LogP contribution in [-0.4, -0.2) is 26.6 Å². The molecule has 0 aliphatic carbocycles. The zero-order chi connectivity index (χ0) is 14.2. The molecule has 0 aromatic heterocycles. The van der Waals surface area contributed by atoms with E-state index >= 15 is 0 Å². The van der Waals surface area contributed by atoms with Gasteiger partial charge in [-0.15, -0.1) is 0 Å². The van der Waals surface area contributed by atoms with Gasteiger partial charge in [0.25, 0.3) is 0 Å². The van der Waals surface area contributed by atoms with Crippen LogP contribution < -0.4 is 0 Å². The van der Waals surface area contributed by atoms with Gasteiger partial charge in [0, 0.05) is 6.61 Å². The van der Waals surface area contributed by atoms with Crippen LogP contribution in [0.5, 0.6) is 0 Å². The summed E-state index contributed by atoms with van der Waals surface area (Å²) >= 11 is 0. The molecule has 3 heteroatoms. The molecular weight excluding hydrogens is 240 g/mol. The molecule has 0 saturated heterocycles. The average molecular weight is 273 g/mol. The topological polar surface area (TPSA) is 29.5 Å². The molecule has 0 bridgehead atoms. The molecule has 0 heterocycles. The van der Waals surface area contributed by atoms with E-state index in [1.807, 2.05) is 0 Å². The van der Waals surface area contributed by atoms with Gasteiger partial charge in [-0.3, -0.25) is 0 Å². The lowest BCUT2D eigenvalue weighted by atomic mass is 10.0. The number of aliphatic hydroxyl groups excluding tert-OH is 1. The van der Waals surface area contributed by atoms with Crippen molar-refractivity contribution in [2.45, 2.75) is 65.1 Å². The summed E-state index contributed by atoms with van der Waals surface area (Å²) in [5, 5.41) is 9.11. The molecule has 0 aromatic rings. The van der Waals surface area contributed by atoms with E-state index in [2.05, 4.69) is 52.9 Å². The van der Waals surface area contributed by atoms with Crippen molar-refractivity contribution < 1.29 is 9.53 Å². The SMILES string of the molecule is CC[C@@H](/C=C/CO[Si](C)(C)C(C)(C)C)CCCO. The summed E-state index contributed by atoms with van der Waals surface area (Å²) < 4.78 is 6.10. The monoisotopic (exact) mass is 272 g/mol. The van der Waals surface area contributed by atoms with Crippen LogP contribution in [0.3, 0.4) is 0 Å². The van der Waals surface area contributed by atoms with E-state index < -0.39 is 8.32 Å². The van der Waals surface area contributed by atoms with Crippen LogP contribution in [0, 0.1) is 5.92 Å². The van der Waals surface area contributed by atoms with Crippen LogP contribution in [0.25, 0.3) is 0 Å². The van der Waals surface area contributed by atoms with Gasteiger partial charge in [0.05, 0.1) is 6.61 Å². The standard InChI is InChI=1S/C15H32O2Si/c1-7-14(10-8-12-16)11-9-13-17-18(5,6)15(2,3)4/h9,11,14,16H,7-8,10,12-13H2,1-6H3/b11-9+/t14-/m1/s1. The van der Waals surface area contributed by atoms with Crippen molar-refractivity contribution >= 4 is 8.32 Å². The lowest BCUT2D eigenvalue weighted by Crippen LogP contribution is -2.40. The van der Waals surface area contributed by atoms with E-state index in [0.717, 1.165) is 25.9 Å². The minimum absolute atomic E-state index is 0.280. The second kappa shape index (κ2) is 8.13. The number of hydrogen-bond donors (Lipinski definition) is 1. The van der Waals surface area contributed by atoms with Crippen LogP contribution >= 0.6 is 0 Å². The van der Waals surface area contributed by atoms with E-state index in [9.17, 15) is 0 Å². The fourth-order valence-electron chi connectivity index (χ4n) is 1.51. The predicted molar refractivity (Wildman–Crippen MR) is 82.4 cm³/mol.